The lowest BCUT2D eigenvalue weighted by Gasteiger charge is -2.14. The van der Waals surface area contributed by atoms with Gasteiger partial charge in [0.2, 0.25) is 0 Å². The van der Waals surface area contributed by atoms with Crippen LogP contribution in [0.3, 0.4) is 0 Å². The molecule has 0 rings (SSSR count). The third-order valence-corrected chi connectivity index (χ3v) is 7.48. The molecule has 4 heteroatoms. The van der Waals surface area contributed by atoms with Crippen molar-refractivity contribution in [1.82, 2.24) is 0 Å². The molecule has 0 aliphatic carbocycles. The van der Waals surface area contributed by atoms with Crippen LogP contribution >= 0.6 is 0 Å². The molecule has 0 spiro atoms. The normalized spacial score (nSPS) is 12.8. The van der Waals surface area contributed by atoms with Crippen molar-refractivity contribution in [2.75, 3.05) is 0 Å². The van der Waals surface area contributed by atoms with Crippen LogP contribution in [0.25, 0.3) is 0 Å². The number of carbonyl (C=O) groups is 3. The van der Waals surface area contributed by atoms with Crippen molar-refractivity contribution in [2.45, 2.75) is 156 Å². The van der Waals surface area contributed by atoms with Gasteiger partial charge in [-0.05, 0) is 84.0 Å². The minimum atomic E-state index is -0.858. The van der Waals surface area contributed by atoms with Gasteiger partial charge in [-0.25, -0.2) is 4.79 Å². The van der Waals surface area contributed by atoms with Gasteiger partial charge in [0.15, 0.2) is 0 Å². The van der Waals surface area contributed by atoms with Crippen LogP contribution in [-0.2, 0) is 19.1 Å². The van der Waals surface area contributed by atoms with Gasteiger partial charge >= 0.3 is 11.9 Å². The molecule has 0 aromatic carbocycles. The van der Waals surface area contributed by atoms with Crippen molar-refractivity contribution in [1.29, 1.82) is 0 Å². The lowest BCUT2D eigenvalue weighted by molar-refractivity contribution is -0.161. The van der Waals surface area contributed by atoms with Gasteiger partial charge in [-0.2, -0.15) is 0 Å². The molecule has 0 saturated carbocycles. The zero-order valence-corrected chi connectivity index (χ0v) is 28.5. The van der Waals surface area contributed by atoms with E-state index in [2.05, 4.69) is 81.2 Å². The van der Waals surface area contributed by atoms with E-state index < -0.39 is 17.9 Å². The topological polar surface area (TPSA) is 60.4 Å². The van der Waals surface area contributed by atoms with E-state index in [0.29, 0.717) is 12.8 Å². The Labute approximate surface area is 270 Å². The first-order valence-electron chi connectivity index (χ1n) is 17.6. The summed E-state index contributed by atoms with van der Waals surface area (Å²) in [7, 11) is 0. The highest BCUT2D eigenvalue weighted by Crippen LogP contribution is 2.19. The summed E-state index contributed by atoms with van der Waals surface area (Å²) < 4.78 is 4.97. The van der Waals surface area contributed by atoms with Gasteiger partial charge in [-0.15, -0.1) is 0 Å². The van der Waals surface area contributed by atoms with Crippen molar-refractivity contribution in [2.24, 2.45) is 5.92 Å². The largest absolute Gasteiger partial charge is 0.389 e. The number of unbranched alkanes of at least 4 members (excludes halogenated alkanes) is 12. The van der Waals surface area contributed by atoms with Gasteiger partial charge in [0.1, 0.15) is 11.7 Å². The molecule has 0 bridgehead atoms. The van der Waals surface area contributed by atoms with E-state index in [4.69, 9.17) is 4.74 Å². The summed E-state index contributed by atoms with van der Waals surface area (Å²) in [5.41, 5.74) is 0.162. The predicted molar refractivity (Wildman–Crippen MR) is 188 cm³/mol. The van der Waals surface area contributed by atoms with Crippen molar-refractivity contribution in [3.8, 4) is 0 Å². The maximum atomic E-state index is 13.0. The fourth-order valence-corrected chi connectivity index (χ4v) is 4.74. The Bertz CT molecular complexity index is 902. The van der Waals surface area contributed by atoms with E-state index >= 15 is 0 Å². The zero-order chi connectivity index (χ0) is 32.5. The molecule has 0 N–H and O–H groups in total. The van der Waals surface area contributed by atoms with E-state index in [-0.39, 0.29) is 11.4 Å². The summed E-state index contributed by atoms with van der Waals surface area (Å²) in [6, 6.07) is 0. The molecule has 4 nitrogen and oxygen atoms in total. The zero-order valence-electron chi connectivity index (χ0n) is 28.5. The highest BCUT2D eigenvalue weighted by molar-refractivity contribution is 6.04. The van der Waals surface area contributed by atoms with Crippen LogP contribution < -0.4 is 0 Å². The number of ketones is 1. The van der Waals surface area contributed by atoms with Crippen LogP contribution in [0.5, 0.6) is 0 Å². The lowest BCUT2D eigenvalue weighted by atomic mass is 9.93. The Balaban J connectivity index is 4.26. The van der Waals surface area contributed by atoms with E-state index in [1.165, 1.54) is 32.6 Å². The molecule has 0 heterocycles. The first-order chi connectivity index (χ1) is 21.4. The molecule has 0 aliphatic rings. The van der Waals surface area contributed by atoms with Crippen LogP contribution in [-0.4, -0.2) is 17.7 Å². The van der Waals surface area contributed by atoms with Crippen LogP contribution in [0.4, 0.5) is 0 Å². The standard InChI is InChI=1S/C40H64O4/c1-5-7-9-11-13-15-17-19-21-23-25-27-29-31-33-35-38(41)37(40(43)44-39(42)36(3)4)34-32-30-28-26-24-22-20-18-16-14-12-10-8-6-2/h8,10,13-16,19-22,37H,3,5-7,9,11-12,17-18,23-35H2,1-2,4H3/b10-8-,15-13-,16-14-,21-19-,22-20-. The fraction of sp³-hybridized carbons (Fsp3) is 0.625. The van der Waals surface area contributed by atoms with Gasteiger partial charge in [0.05, 0.1) is 0 Å². The molecule has 0 radical (unpaired) electrons. The molecular weight excluding hydrogens is 544 g/mol. The smallest absolute Gasteiger partial charge is 0.340 e. The predicted octanol–water partition coefficient (Wildman–Crippen LogP) is 11.8. The first kappa shape index (κ1) is 41.2. The van der Waals surface area contributed by atoms with Gasteiger partial charge in [-0.1, -0.05) is 133 Å². The number of esters is 2. The monoisotopic (exact) mass is 608 g/mol. The molecule has 0 fully saturated rings. The maximum absolute atomic E-state index is 13.0. The minimum Gasteiger partial charge on any atom is -0.389 e. The number of Topliss-reactive ketones (excluding diaryl/α,β-unsaturated/α-hetero) is 1. The van der Waals surface area contributed by atoms with E-state index in [1.807, 2.05) is 0 Å². The number of ether oxygens (including phenoxy) is 1. The molecule has 1 atom stereocenters. The average Bonchev–Trinajstić information content (AvgIpc) is 3.00. The summed E-state index contributed by atoms with van der Waals surface area (Å²) in [6.07, 6.45) is 43.3. The molecule has 0 aromatic heterocycles. The third-order valence-electron chi connectivity index (χ3n) is 7.48. The van der Waals surface area contributed by atoms with Gasteiger partial charge < -0.3 is 4.74 Å². The number of allylic oxidation sites excluding steroid dienone is 10. The fourth-order valence-electron chi connectivity index (χ4n) is 4.74. The number of hydrogen-bond acceptors (Lipinski definition) is 4. The molecule has 1 unspecified atom stereocenters. The van der Waals surface area contributed by atoms with E-state index in [9.17, 15) is 14.4 Å². The Morgan fingerprint density at radius 3 is 1.57 bits per heavy atom. The molecule has 0 saturated heterocycles. The Kier molecular flexibility index (Phi) is 29.7. The Hall–Kier alpha value is -2.75. The number of hydrogen-bond donors (Lipinski definition) is 0. The number of rotatable bonds is 29. The summed E-state index contributed by atoms with van der Waals surface area (Å²) >= 11 is 0. The number of carbonyl (C=O) groups excluding carboxylic acids is 3. The van der Waals surface area contributed by atoms with E-state index in [1.54, 1.807) is 0 Å². The molecule has 0 amide bonds. The Morgan fingerprint density at radius 2 is 1.05 bits per heavy atom. The first-order valence-corrected chi connectivity index (χ1v) is 17.6. The van der Waals surface area contributed by atoms with Crippen molar-refractivity contribution >= 4 is 17.7 Å². The summed E-state index contributed by atoms with van der Waals surface area (Å²) in [5.74, 6) is -2.42. The molecule has 44 heavy (non-hydrogen) atoms. The summed E-state index contributed by atoms with van der Waals surface area (Å²) in [4.78, 5) is 37.6. The van der Waals surface area contributed by atoms with Crippen LogP contribution in [0.2, 0.25) is 0 Å². The molecule has 0 aliphatic heterocycles. The van der Waals surface area contributed by atoms with Crippen molar-refractivity contribution in [3.63, 3.8) is 0 Å². The Morgan fingerprint density at radius 1 is 0.591 bits per heavy atom. The summed E-state index contributed by atoms with van der Waals surface area (Å²) in [5, 5.41) is 0. The molecule has 0 aromatic rings. The maximum Gasteiger partial charge on any atom is 0.340 e. The molecular formula is C40H64O4. The second-order valence-electron chi connectivity index (χ2n) is 11.8. The van der Waals surface area contributed by atoms with Gasteiger partial charge in [0.25, 0.3) is 0 Å². The van der Waals surface area contributed by atoms with Gasteiger partial charge in [-0.3, -0.25) is 9.59 Å². The second-order valence-corrected chi connectivity index (χ2v) is 11.8. The highest BCUT2D eigenvalue weighted by atomic mass is 16.6. The van der Waals surface area contributed by atoms with Crippen molar-refractivity contribution < 1.29 is 19.1 Å². The average molecular weight is 609 g/mol. The summed E-state index contributed by atoms with van der Waals surface area (Å²) in [6.45, 7) is 9.42. The van der Waals surface area contributed by atoms with Crippen LogP contribution in [0, 0.1) is 5.92 Å². The SMILES string of the molecule is C=C(C)C(=O)OC(=O)C(CCCCCC/C=C\C/C=C\C/C=C\CC)C(=O)CCCCCCC/C=C\C/C=C\CCCCC. The third kappa shape index (κ3) is 26.8. The molecule has 248 valence electrons. The van der Waals surface area contributed by atoms with E-state index in [0.717, 1.165) is 96.3 Å². The van der Waals surface area contributed by atoms with Crippen LogP contribution in [0.1, 0.15) is 156 Å². The van der Waals surface area contributed by atoms with Crippen LogP contribution in [0.15, 0.2) is 72.9 Å². The minimum absolute atomic E-state index is 0.101. The highest BCUT2D eigenvalue weighted by Gasteiger charge is 2.29. The van der Waals surface area contributed by atoms with Gasteiger partial charge in [0, 0.05) is 12.0 Å². The second kappa shape index (κ2) is 31.7. The lowest BCUT2D eigenvalue weighted by Crippen LogP contribution is -2.28. The quantitative estimate of drug-likeness (QED) is 0.0279. The van der Waals surface area contributed by atoms with Crippen molar-refractivity contribution in [3.05, 3.63) is 72.9 Å².